The quantitative estimate of drug-likeness (QED) is 0.269. The van der Waals surface area contributed by atoms with Gasteiger partial charge in [0.15, 0.2) is 0 Å². The molecule has 2 atom stereocenters. The van der Waals surface area contributed by atoms with E-state index in [1.54, 1.807) is 51.1 Å². The second-order valence-electron chi connectivity index (χ2n) is 11.0. The van der Waals surface area contributed by atoms with E-state index in [9.17, 15) is 27.6 Å². The minimum atomic E-state index is -3.96. The van der Waals surface area contributed by atoms with E-state index >= 15 is 0 Å². The molecular formula is C28H35N3O7S. The van der Waals surface area contributed by atoms with Crippen molar-refractivity contribution in [1.82, 2.24) is 10.3 Å². The van der Waals surface area contributed by atoms with Crippen LogP contribution in [0.4, 0.5) is 5.69 Å². The molecule has 0 aromatic heterocycles. The predicted octanol–water partition coefficient (Wildman–Crippen LogP) is 3.40. The second-order valence-corrected chi connectivity index (χ2v) is 12.8. The number of fused-ring (bicyclic) bond motifs is 1. The fourth-order valence-corrected chi connectivity index (χ4v) is 5.15. The van der Waals surface area contributed by atoms with Crippen molar-refractivity contribution in [2.75, 3.05) is 17.2 Å². The number of hydrogen-bond acceptors (Lipinski definition) is 7. The van der Waals surface area contributed by atoms with Gasteiger partial charge in [0.1, 0.15) is 5.60 Å². The van der Waals surface area contributed by atoms with Crippen LogP contribution in [-0.2, 0) is 24.3 Å². The molecule has 39 heavy (non-hydrogen) atoms. The summed E-state index contributed by atoms with van der Waals surface area (Å²) < 4.78 is 31.6. The molecule has 1 aliphatic rings. The summed E-state index contributed by atoms with van der Waals surface area (Å²) in [7, 11) is -3.96. The average molecular weight is 558 g/mol. The predicted molar refractivity (Wildman–Crippen MR) is 146 cm³/mol. The van der Waals surface area contributed by atoms with E-state index in [1.807, 2.05) is 13.8 Å². The Labute approximate surface area is 229 Å². The van der Waals surface area contributed by atoms with Gasteiger partial charge in [0, 0.05) is 6.54 Å². The molecule has 0 bridgehead atoms. The third-order valence-corrected chi connectivity index (χ3v) is 7.01. The Bertz CT molecular complexity index is 1320. The molecule has 3 rings (SSSR count). The Morgan fingerprint density at radius 1 is 0.923 bits per heavy atom. The van der Waals surface area contributed by atoms with Crippen molar-refractivity contribution in [1.29, 1.82) is 0 Å². The maximum atomic E-state index is 13.8. The number of para-hydroxylation sites is 1. The first-order valence-corrected chi connectivity index (χ1v) is 14.5. The maximum absolute atomic E-state index is 13.8. The van der Waals surface area contributed by atoms with Crippen LogP contribution in [0.3, 0.4) is 0 Å². The molecule has 1 N–H and O–H groups in total. The fourth-order valence-electron chi connectivity index (χ4n) is 4.39. The summed E-state index contributed by atoms with van der Waals surface area (Å²) in [6.45, 7) is 8.29. The smallest absolute Gasteiger partial charge is 0.312 e. The number of amides is 3. The van der Waals surface area contributed by atoms with Crippen molar-refractivity contribution >= 4 is 39.4 Å². The van der Waals surface area contributed by atoms with E-state index in [0.29, 0.717) is 0 Å². The summed E-state index contributed by atoms with van der Waals surface area (Å²) in [6, 6.07) is 14.3. The van der Waals surface area contributed by atoms with Gasteiger partial charge >= 0.3 is 5.97 Å². The summed E-state index contributed by atoms with van der Waals surface area (Å²) in [6.07, 6.45) is 1.10. The van der Waals surface area contributed by atoms with Gasteiger partial charge in [-0.05, 0) is 57.4 Å². The normalized spacial score (nSPS) is 15.1. The molecule has 0 fully saturated rings. The van der Waals surface area contributed by atoms with Crippen LogP contribution in [0.2, 0.25) is 0 Å². The molecule has 1 heterocycles. The molecule has 3 amide bonds. The van der Waals surface area contributed by atoms with Gasteiger partial charge in [0.2, 0.25) is 15.9 Å². The van der Waals surface area contributed by atoms with Crippen LogP contribution in [0.25, 0.3) is 0 Å². The molecule has 10 nitrogen and oxygen atoms in total. The minimum Gasteiger partial charge on any atom is -0.460 e. The number of ether oxygens (including phenoxy) is 1. The van der Waals surface area contributed by atoms with Crippen LogP contribution >= 0.6 is 0 Å². The summed E-state index contributed by atoms with van der Waals surface area (Å²) in [5.74, 6) is -5.17. The highest BCUT2D eigenvalue weighted by Crippen LogP contribution is 2.30. The van der Waals surface area contributed by atoms with E-state index in [4.69, 9.17) is 4.74 Å². The minimum absolute atomic E-state index is 0.101. The Kier molecular flexibility index (Phi) is 8.84. The highest BCUT2D eigenvalue weighted by molar-refractivity contribution is 7.92. The van der Waals surface area contributed by atoms with Crippen molar-refractivity contribution < 1.29 is 32.3 Å². The zero-order valence-electron chi connectivity index (χ0n) is 23.0. The summed E-state index contributed by atoms with van der Waals surface area (Å²) in [4.78, 5) is 54.5. The van der Waals surface area contributed by atoms with Gasteiger partial charge in [-0.25, -0.2) is 8.42 Å². The van der Waals surface area contributed by atoms with E-state index in [1.165, 1.54) is 24.3 Å². The van der Waals surface area contributed by atoms with Gasteiger partial charge in [-0.15, -0.1) is 0 Å². The van der Waals surface area contributed by atoms with Gasteiger partial charge in [0.25, 0.3) is 11.8 Å². The SMILES string of the molecule is CC(C)C[C@@H](C(=O)NN(c1ccccc1)S(C)(=O)=O)[C@H](CN1C(=O)c2ccccc2C1=O)C(=O)OC(C)(C)C. The number of benzene rings is 2. The van der Waals surface area contributed by atoms with Crippen molar-refractivity contribution in [3.05, 3.63) is 65.7 Å². The van der Waals surface area contributed by atoms with Crippen LogP contribution in [0.1, 0.15) is 61.8 Å². The number of carbonyl (C=O) groups excluding carboxylic acids is 4. The molecule has 11 heteroatoms. The summed E-state index contributed by atoms with van der Waals surface area (Å²) in [5, 5.41) is 0. The molecule has 0 spiro atoms. The first kappa shape index (κ1) is 29.8. The topological polar surface area (TPSA) is 130 Å². The van der Waals surface area contributed by atoms with Gasteiger partial charge in [-0.3, -0.25) is 29.5 Å². The molecule has 0 radical (unpaired) electrons. The monoisotopic (exact) mass is 557 g/mol. The molecule has 0 aliphatic carbocycles. The number of rotatable bonds is 10. The van der Waals surface area contributed by atoms with Crippen LogP contribution in [0.5, 0.6) is 0 Å². The number of esters is 1. The van der Waals surface area contributed by atoms with Gasteiger partial charge in [0.05, 0.1) is 34.9 Å². The van der Waals surface area contributed by atoms with Crippen molar-refractivity contribution in [3.63, 3.8) is 0 Å². The van der Waals surface area contributed by atoms with E-state index < -0.39 is 57.7 Å². The lowest BCUT2D eigenvalue weighted by atomic mass is 9.84. The first-order chi connectivity index (χ1) is 18.1. The molecule has 2 aromatic rings. The number of nitrogens with one attached hydrogen (secondary N) is 1. The highest BCUT2D eigenvalue weighted by Gasteiger charge is 2.44. The number of sulfonamides is 1. The van der Waals surface area contributed by atoms with Crippen LogP contribution in [-0.4, -0.2) is 55.4 Å². The molecule has 210 valence electrons. The molecule has 0 unspecified atom stereocenters. The molecule has 0 saturated carbocycles. The number of anilines is 1. The molecule has 2 aromatic carbocycles. The zero-order chi connectivity index (χ0) is 29.1. The number of carbonyl (C=O) groups is 4. The van der Waals surface area contributed by atoms with Crippen molar-refractivity contribution in [2.24, 2.45) is 17.8 Å². The van der Waals surface area contributed by atoms with Crippen molar-refractivity contribution in [2.45, 2.75) is 46.6 Å². The largest absolute Gasteiger partial charge is 0.460 e. The van der Waals surface area contributed by atoms with Gasteiger partial charge in [-0.1, -0.05) is 44.2 Å². The standard InChI is InChI=1S/C28H35N3O7S/c1-18(2)16-22(24(32)29-31(39(6,36)37)19-12-8-7-9-13-19)23(27(35)38-28(3,4)5)17-30-25(33)20-14-10-11-15-21(20)26(30)34/h7-15,18,22-23H,16-17H2,1-6H3,(H,29,32)/t22-,23+/m1/s1. The lowest BCUT2D eigenvalue weighted by Gasteiger charge is -2.33. The van der Waals surface area contributed by atoms with Gasteiger partial charge in [-0.2, -0.15) is 4.41 Å². The highest BCUT2D eigenvalue weighted by atomic mass is 32.2. The van der Waals surface area contributed by atoms with Crippen molar-refractivity contribution in [3.8, 4) is 0 Å². The number of imide groups is 1. The second kappa shape index (κ2) is 11.6. The number of hydrogen-bond donors (Lipinski definition) is 1. The molecule has 1 aliphatic heterocycles. The Morgan fingerprint density at radius 3 is 1.90 bits per heavy atom. The van der Waals surface area contributed by atoms with Gasteiger partial charge < -0.3 is 4.74 Å². The lowest BCUT2D eigenvalue weighted by Crippen LogP contribution is -2.52. The Morgan fingerprint density at radius 2 is 1.44 bits per heavy atom. The summed E-state index contributed by atoms with van der Waals surface area (Å²) >= 11 is 0. The van der Waals surface area contributed by atoms with Crippen LogP contribution in [0, 0.1) is 17.8 Å². The van der Waals surface area contributed by atoms with E-state index in [2.05, 4.69) is 5.43 Å². The third kappa shape index (κ3) is 7.23. The zero-order valence-corrected chi connectivity index (χ0v) is 23.8. The van der Waals surface area contributed by atoms with Crippen LogP contribution in [0.15, 0.2) is 54.6 Å². The fraction of sp³-hybridized carbons (Fsp3) is 0.429. The summed E-state index contributed by atoms with van der Waals surface area (Å²) in [5.41, 5.74) is 2.16. The van der Waals surface area contributed by atoms with E-state index in [0.717, 1.165) is 15.6 Å². The van der Waals surface area contributed by atoms with Crippen LogP contribution < -0.4 is 9.84 Å². The number of hydrazine groups is 1. The molecular weight excluding hydrogens is 522 g/mol. The lowest BCUT2D eigenvalue weighted by molar-refractivity contribution is -0.164. The maximum Gasteiger partial charge on any atom is 0.312 e. The Hall–Kier alpha value is -3.73. The first-order valence-electron chi connectivity index (χ1n) is 12.6. The Balaban J connectivity index is 2.02. The number of nitrogens with zero attached hydrogens (tertiary/aromatic N) is 2. The molecule has 0 saturated heterocycles. The third-order valence-electron chi connectivity index (χ3n) is 6.05. The van der Waals surface area contributed by atoms with E-state index in [-0.39, 0.29) is 29.2 Å². The average Bonchev–Trinajstić information content (AvgIpc) is 3.07.